The molecule has 3 aromatic rings. The minimum atomic E-state index is -3.25. The van der Waals surface area contributed by atoms with E-state index in [1.807, 2.05) is 111 Å². The Morgan fingerprint density at radius 1 is 0.893 bits per heavy atom. The lowest BCUT2D eigenvalue weighted by atomic mass is 10.2. The third-order valence-electron chi connectivity index (χ3n) is 4.58. The van der Waals surface area contributed by atoms with Crippen molar-refractivity contribution in [3.05, 3.63) is 90.5 Å². The Balaban J connectivity index is 2.08. The normalized spacial score (nSPS) is 14.1. The van der Waals surface area contributed by atoms with Gasteiger partial charge < -0.3 is 14.7 Å². The smallest absolute Gasteiger partial charge is 0.258 e. The fraction of sp³-hybridized carbons (Fsp3) is 0.217. The standard InChI is InChI=1S/C23H27N2O2P/c1-4-27-28(26,22-17-15-21(16-18-22)25(2)3)23(19-11-7-5-8-12-19)24-20-13-9-6-10-14-20/h5-18,23-24H,4H2,1-3H3/t23-,28+/m1/s1. The number of rotatable bonds is 8. The zero-order valence-electron chi connectivity index (χ0n) is 16.6. The van der Waals surface area contributed by atoms with E-state index in [9.17, 15) is 4.57 Å². The van der Waals surface area contributed by atoms with Crippen LogP contribution in [-0.4, -0.2) is 20.7 Å². The monoisotopic (exact) mass is 394 g/mol. The van der Waals surface area contributed by atoms with Gasteiger partial charge in [0.25, 0.3) is 7.37 Å². The highest BCUT2D eigenvalue weighted by atomic mass is 31.2. The molecule has 5 heteroatoms. The van der Waals surface area contributed by atoms with Gasteiger partial charge in [0.1, 0.15) is 5.78 Å². The molecule has 28 heavy (non-hydrogen) atoms. The van der Waals surface area contributed by atoms with Crippen LogP contribution in [0, 0.1) is 0 Å². The molecule has 3 rings (SSSR count). The number of para-hydroxylation sites is 1. The van der Waals surface area contributed by atoms with Gasteiger partial charge in [0.2, 0.25) is 0 Å². The van der Waals surface area contributed by atoms with Gasteiger partial charge in [0, 0.05) is 30.8 Å². The topological polar surface area (TPSA) is 41.6 Å². The van der Waals surface area contributed by atoms with E-state index >= 15 is 0 Å². The molecule has 1 N–H and O–H groups in total. The first-order valence-electron chi connectivity index (χ1n) is 9.43. The lowest BCUT2D eigenvalue weighted by Gasteiger charge is -2.30. The first kappa shape index (κ1) is 20.2. The van der Waals surface area contributed by atoms with Crippen molar-refractivity contribution in [1.29, 1.82) is 0 Å². The molecule has 0 unspecified atom stereocenters. The van der Waals surface area contributed by atoms with Gasteiger partial charge in [-0.05, 0) is 48.9 Å². The first-order valence-corrected chi connectivity index (χ1v) is 11.1. The fourth-order valence-corrected chi connectivity index (χ4v) is 5.57. The number of nitrogens with zero attached hydrogens (tertiary/aromatic N) is 1. The van der Waals surface area contributed by atoms with Gasteiger partial charge in [-0.15, -0.1) is 0 Å². The van der Waals surface area contributed by atoms with Crippen molar-refractivity contribution in [2.24, 2.45) is 0 Å². The van der Waals surface area contributed by atoms with E-state index < -0.39 is 13.2 Å². The van der Waals surface area contributed by atoms with Crippen LogP contribution in [0.5, 0.6) is 0 Å². The maximum atomic E-state index is 14.3. The zero-order chi connectivity index (χ0) is 20.0. The Morgan fingerprint density at radius 2 is 1.46 bits per heavy atom. The van der Waals surface area contributed by atoms with Crippen molar-refractivity contribution in [2.75, 3.05) is 30.9 Å². The molecule has 2 atom stereocenters. The van der Waals surface area contributed by atoms with Crippen LogP contribution >= 0.6 is 7.37 Å². The maximum absolute atomic E-state index is 14.3. The summed E-state index contributed by atoms with van der Waals surface area (Å²) >= 11 is 0. The van der Waals surface area contributed by atoms with Crippen LogP contribution in [0.4, 0.5) is 11.4 Å². The molecule has 0 amide bonds. The Kier molecular flexibility index (Phi) is 6.56. The van der Waals surface area contributed by atoms with E-state index in [1.54, 1.807) is 0 Å². The van der Waals surface area contributed by atoms with Crippen LogP contribution in [0.1, 0.15) is 18.3 Å². The molecule has 0 saturated heterocycles. The summed E-state index contributed by atoms with van der Waals surface area (Å²) in [5, 5.41) is 4.16. The van der Waals surface area contributed by atoms with Gasteiger partial charge >= 0.3 is 0 Å². The highest BCUT2D eigenvalue weighted by Gasteiger charge is 2.37. The Labute approximate surface area is 167 Å². The molecule has 4 nitrogen and oxygen atoms in total. The Bertz CT molecular complexity index is 912. The Hall–Kier alpha value is -2.55. The van der Waals surface area contributed by atoms with E-state index in [-0.39, 0.29) is 0 Å². The van der Waals surface area contributed by atoms with Crippen LogP contribution in [0.25, 0.3) is 0 Å². The van der Waals surface area contributed by atoms with Crippen molar-refractivity contribution in [2.45, 2.75) is 12.7 Å². The molecule has 0 aromatic heterocycles. The number of benzene rings is 3. The molecule has 0 aliphatic carbocycles. The second kappa shape index (κ2) is 9.09. The SMILES string of the molecule is CCO[P@@](=O)(c1ccc(N(C)C)cc1)[C@@H](Nc1ccccc1)c1ccccc1. The molecule has 0 aliphatic rings. The minimum Gasteiger partial charge on any atom is -0.378 e. The summed E-state index contributed by atoms with van der Waals surface area (Å²) in [6, 6.07) is 27.5. The molecule has 0 bridgehead atoms. The molecule has 0 saturated carbocycles. The van der Waals surface area contributed by atoms with Gasteiger partial charge in [0.05, 0.1) is 6.61 Å². The predicted molar refractivity (Wildman–Crippen MR) is 119 cm³/mol. The fourth-order valence-electron chi connectivity index (χ4n) is 3.14. The molecule has 3 aromatic carbocycles. The molecular weight excluding hydrogens is 367 g/mol. The molecule has 0 heterocycles. The molecular formula is C23H27N2O2P. The van der Waals surface area contributed by atoms with Crippen molar-refractivity contribution in [3.63, 3.8) is 0 Å². The second-order valence-corrected chi connectivity index (χ2v) is 9.23. The van der Waals surface area contributed by atoms with Crippen LogP contribution in [0.3, 0.4) is 0 Å². The van der Waals surface area contributed by atoms with Crippen molar-refractivity contribution in [1.82, 2.24) is 0 Å². The van der Waals surface area contributed by atoms with Crippen molar-refractivity contribution >= 4 is 24.0 Å². The molecule has 0 spiro atoms. The number of nitrogens with one attached hydrogen (secondary N) is 1. The summed E-state index contributed by atoms with van der Waals surface area (Å²) in [6.45, 7) is 2.25. The largest absolute Gasteiger partial charge is 0.378 e. The summed E-state index contributed by atoms with van der Waals surface area (Å²) in [6.07, 6.45) is 0. The minimum absolute atomic E-state index is 0.368. The van der Waals surface area contributed by atoms with E-state index in [0.29, 0.717) is 11.9 Å². The number of anilines is 2. The van der Waals surface area contributed by atoms with E-state index in [1.165, 1.54) is 0 Å². The van der Waals surface area contributed by atoms with Crippen LogP contribution in [0.15, 0.2) is 84.9 Å². The molecule has 0 fully saturated rings. The molecule has 146 valence electrons. The van der Waals surface area contributed by atoms with Crippen molar-refractivity contribution < 1.29 is 9.09 Å². The summed E-state index contributed by atoms with van der Waals surface area (Å²) in [5.41, 5.74) is 2.89. The average molecular weight is 394 g/mol. The summed E-state index contributed by atoms with van der Waals surface area (Å²) in [4.78, 5) is 2.02. The summed E-state index contributed by atoms with van der Waals surface area (Å²) < 4.78 is 20.3. The van der Waals surface area contributed by atoms with E-state index in [2.05, 4.69) is 5.32 Å². The van der Waals surface area contributed by atoms with E-state index in [0.717, 1.165) is 16.9 Å². The lowest BCUT2D eigenvalue weighted by Crippen LogP contribution is -2.21. The number of hydrogen-bond acceptors (Lipinski definition) is 4. The maximum Gasteiger partial charge on any atom is 0.258 e. The quantitative estimate of drug-likeness (QED) is 0.512. The first-order chi connectivity index (χ1) is 13.5. The van der Waals surface area contributed by atoms with Crippen LogP contribution in [0.2, 0.25) is 0 Å². The van der Waals surface area contributed by atoms with Gasteiger partial charge in [-0.1, -0.05) is 48.5 Å². The highest BCUT2D eigenvalue weighted by molar-refractivity contribution is 7.67. The second-order valence-electron chi connectivity index (χ2n) is 6.75. The third-order valence-corrected chi connectivity index (χ3v) is 7.35. The van der Waals surface area contributed by atoms with Gasteiger partial charge in [-0.2, -0.15) is 0 Å². The van der Waals surface area contributed by atoms with Gasteiger partial charge in [-0.3, -0.25) is 4.57 Å². The highest BCUT2D eigenvalue weighted by Crippen LogP contribution is 2.59. The van der Waals surface area contributed by atoms with Crippen molar-refractivity contribution in [3.8, 4) is 0 Å². The number of hydrogen-bond donors (Lipinski definition) is 1. The third kappa shape index (κ3) is 4.46. The summed E-state index contributed by atoms with van der Waals surface area (Å²) in [7, 11) is 0.725. The Morgan fingerprint density at radius 3 is 2.00 bits per heavy atom. The zero-order valence-corrected chi connectivity index (χ0v) is 17.5. The predicted octanol–water partition coefficient (Wildman–Crippen LogP) is 5.50. The van der Waals surface area contributed by atoms with Gasteiger partial charge in [-0.25, -0.2) is 0 Å². The summed E-state index contributed by atoms with van der Waals surface area (Å²) in [5.74, 6) is -0.485. The molecule has 0 aliphatic heterocycles. The van der Waals surface area contributed by atoms with Crippen LogP contribution in [-0.2, 0) is 9.09 Å². The van der Waals surface area contributed by atoms with Gasteiger partial charge in [0.15, 0.2) is 0 Å². The van der Waals surface area contributed by atoms with E-state index in [4.69, 9.17) is 4.52 Å². The average Bonchev–Trinajstić information content (AvgIpc) is 2.73. The molecule has 0 radical (unpaired) electrons. The lowest BCUT2D eigenvalue weighted by molar-refractivity contribution is 0.335. The van der Waals surface area contributed by atoms with Crippen LogP contribution < -0.4 is 15.5 Å².